The van der Waals surface area contributed by atoms with Crippen molar-refractivity contribution in [2.75, 3.05) is 11.5 Å². The molecule has 0 atom stereocenters. The molecule has 0 unspecified atom stereocenters. The van der Waals surface area contributed by atoms with Crippen molar-refractivity contribution in [2.45, 2.75) is 13.3 Å². The molecule has 7 N–H and O–H groups in total. The lowest BCUT2D eigenvalue weighted by Gasteiger charge is -1.96. The van der Waals surface area contributed by atoms with Crippen LogP contribution in [0.4, 0.5) is 11.9 Å². The first-order valence-electron chi connectivity index (χ1n) is 5.09. The van der Waals surface area contributed by atoms with Gasteiger partial charge >= 0.3 is 17.1 Å². The second-order valence-electron chi connectivity index (χ2n) is 3.18. The zero-order chi connectivity index (χ0) is 14.4. The normalized spacial score (nSPS) is 9.53. The number of nitrogens with zero attached hydrogens (tertiary/aromatic N) is 3. The van der Waals surface area contributed by atoms with Gasteiger partial charge in [-0.15, -0.1) is 0 Å². The first kappa shape index (κ1) is 14.1. The Balaban J connectivity index is 0.000000191. The fourth-order valence-corrected chi connectivity index (χ4v) is 1.02. The Labute approximate surface area is 105 Å². The van der Waals surface area contributed by atoms with Crippen LogP contribution in [0.2, 0.25) is 0 Å². The lowest BCUT2D eigenvalue weighted by atomic mass is 10.5. The predicted octanol–water partition coefficient (Wildman–Crippen LogP) is -2.65. The highest BCUT2D eigenvalue weighted by Gasteiger charge is 1.96. The van der Waals surface area contributed by atoms with Crippen molar-refractivity contribution < 1.29 is 0 Å². The molecule has 0 bridgehead atoms. The Morgan fingerprint density at radius 3 is 1.53 bits per heavy atom. The summed E-state index contributed by atoms with van der Waals surface area (Å²) in [7, 11) is 0. The molecule has 0 radical (unpaired) electrons. The van der Waals surface area contributed by atoms with Crippen LogP contribution in [-0.2, 0) is 6.42 Å². The summed E-state index contributed by atoms with van der Waals surface area (Å²) in [4.78, 5) is 47.2. The van der Waals surface area contributed by atoms with Crippen molar-refractivity contribution in [3.05, 3.63) is 37.3 Å². The molecule has 2 aromatic rings. The SMILES string of the molecule is CCc1nc(N)nc(N)n1.O=c1[nH]c(=O)[nH]c(=O)[nH]1. The van der Waals surface area contributed by atoms with Gasteiger partial charge in [-0.25, -0.2) is 14.4 Å². The van der Waals surface area contributed by atoms with Gasteiger partial charge in [0.1, 0.15) is 5.82 Å². The number of nitrogens with one attached hydrogen (secondary N) is 3. The lowest BCUT2D eigenvalue weighted by molar-refractivity contribution is 0.888. The second kappa shape index (κ2) is 6.09. The molecule has 2 aromatic heterocycles. The monoisotopic (exact) mass is 268 g/mol. The lowest BCUT2D eigenvalue weighted by Crippen LogP contribution is -2.34. The third kappa shape index (κ3) is 4.80. The Morgan fingerprint density at radius 2 is 1.21 bits per heavy atom. The average molecular weight is 268 g/mol. The summed E-state index contributed by atoms with van der Waals surface area (Å²) in [5.74, 6) is 0.999. The molecule has 0 aliphatic carbocycles. The van der Waals surface area contributed by atoms with Crippen molar-refractivity contribution in [3.63, 3.8) is 0 Å². The van der Waals surface area contributed by atoms with Gasteiger partial charge in [-0.05, 0) is 0 Å². The summed E-state index contributed by atoms with van der Waals surface area (Å²) in [5.41, 5.74) is 8.18. The zero-order valence-electron chi connectivity index (χ0n) is 9.93. The van der Waals surface area contributed by atoms with Crippen molar-refractivity contribution in [3.8, 4) is 0 Å². The van der Waals surface area contributed by atoms with Gasteiger partial charge in [-0.1, -0.05) is 6.92 Å². The van der Waals surface area contributed by atoms with E-state index in [1.54, 1.807) is 15.0 Å². The number of hydrogen-bond acceptors (Lipinski definition) is 8. The van der Waals surface area contributed by atoms with Crippen LogP contribution in [0, 0.1) is 0 Å². The van der Waals surface area contributed by atoms with E-state index >= 15 is 0 Å². The molecule has 0 spiro atoms. The van der Waals surface area contributed by atoms with E-state index in [9.17, 15) is 14.4 Å². The number of rotatable bonds is 1. The molecule has 19 heavy (non-hydrogen) atoms. The summed E-state index contributed by atoms with van der Waals surface area (Å²) in [5, 5.41) is 0. The van der Waals surface area contributed by atoms with Crippen LogP contribution in [0.1, 0.15) is 12.7 Å². The van der Waals surface area contributed by atoms with Gasteiger partial charge < -0.3 is 11.5 Å². The van der Waals surface area contributed by atoms with Crippen molar-refractivity contribution >= 4 is 11.9 Å². The first-order chi connectivity index (χ1) is 8.90. The maximum absolute atomic E-state index is 10.2. The summed E-state index contributed by atoms with van der Waals surface area (Å²) < 4.78 is 0. The number of aryl methyl sites for hydroxylation is 1. The minimum Gasteiger partial charge on any atom is -0.368 e. The molecular formula is C8H12N8O3. The molecule has 11 heteroatoms. The molecule has 2 heterocycles. The Hall–Kier alpha value is -2.98. The number of hydrogen-bond donors (Lipinski definition) is 5. The van der Waals surface area contributed by atoms with E-state index in [0.717, 1.165) is 6.42 Å². The quantitative estimate of drug-likeness (QED) is 0.370. The molecule has 2 rings (SSSR count). The first-order valence-corrected chi connectivity index (χ1v) is 5.09. The third-order valence-electron chi connectivity index (χ3n) is 1.71. The Bertz CT molecular complexity index is 616. The molecule has 0 aromatic carbocycles. The molecule has 0 amide bonds. The fraction of sp³-hybridized carbons (Fsp3) is 0.250. The third-order valence-corrected chi connectivity index (χ3v) is 1.71. The number of aromatic nitrogens is 6. The molecule has 11 nitrogen and oxygen atoms in total. The number of nitrogen functional groups attached to an aromatic ring is 2. The van der Waals surface area contributed by atoms with Crippen LogP contribution >= 0.6 is 0 Å². The molecular weight excluding hydrogens is 256 g/mol. The van der Waals surface area contributed by atoms with Gasteiger partial charge in [-0.3, -0.25) is 15.0 Å². The van der Waals surface area contributed by atoms with E-state index in [2.05, 4.69) is 15.0 Å². The number of H-pyrrole nitrogens is 3. The Morgan fingerprint density at radius 1 is 0.842 bits per heavy atom. The topological polar surface area (TPSA) is 189 Å². The van der Waals surface area contributed by atoms with E-state index in [1.807, 2.05) is 6.92 Å². The largest absolute Gasteiger partial charge is 0.368 e. The second-order valence-corrected chi connectivity index (χ2v) is 3.18. The van der Waals surface area contributed by atoms with E-state index in [0.29, 0.717) is 5.82 Å². The summed E-state index contributed by atoms with van der Waals surface area (Å²) in [6.45, 7) is 1.92. The minimum atomic E-state index is -0.802. The highest BCUT2D eigenvalue weighted by atomic mass is 16.2. The fourth-order valence-electron chi connectivity index (χ4n) is 1.02. The minimum absolute atomic E-state index is 0.185. The standard InChI is InChI=1S/C5H9N5.C3H3N3O3/c1-2-3-8-4(6)10-5(7)9-3;7-1-4-2(8)6-3(9)5-1/h2H2,1H3,(H4,6,7,8,9,10);(H3,4,5,6,7,8,9). The molecule has 0 saturated carbocycles. The highest BCUT2D eigenvalue weighted by Crippen LogP contribution is 1.97. The average Bonchev–Trinajstić information content (AvgIpc) is 2.26. The molecule has 0 fully saturated rings. The van der Waals surface area contributed by atoms with E-state index in [-0.39, 0.29) is 11.9 Å². The maximum atomic E-state index is 10.2. The summed E-state index contributed by atoms with van der Waals surface area (Å²) in [6, 6.07) is 0. The Kier molecular flexibility index (Phi) is 4.51. The number of aromatic amines is 3. The predicted molar refractivity (Wildman–Crippen MR) is 66.3 cm³/mol. The highest BCUT2D eigenvalue weighted by molar-refractivity contribution is 5.25. The van der Waals surface area contributed by atoms with Crippen LogP contribution in [0.3, 0.4) is 0 Å². The van der Waals surface area contributed by atoms with Crippen LogP contribution in [0.15, 0.2) is 14.4 Å². The zero-order valence-corrected chi connectivity index (χ0v) is 9.93. The molecule has 102 valence electrons. The van der Waals surface area contributed by atoms with Crippen LogP contribution < -0.4 is 28.5 Å². The van der Waals surface area contributed by atoms with Gasteiger partial charge in [-0.2, -0.15) is 15.0 Å². The van der Waals surface area contributed by atoms with Crippen molar-refractivity contribution in [1.82, 2.24) is 29.9 Å². The van der Waals surface area contributed by atoms with Gasteiger partial charge in [0.15, 0.2) is 0 Å². The smallest absolute Gasteiger partial charge is 0.330 e. The van der Waals surface area contributed by atoms with Crippen molar-refractivity contribution in [1.29, 1.82) is 0 Å². The number of anilines is 2. The van der Waals surface area contributed by atoms with Crippen LogP contribution in [0.5, 0.6) is 0 Å². The van der Waals surface area contributed by atoms with Crippen LogP contribution in [-0.4, -0.2) is 29.9 Å². The number of nitrogens with two attached hydrogens (primary N) is 2. The van der Waals surface area contributed by atoms with Gasteiger partial charge in [0.2, 0.25) is 11.9 Å². The van der Waals surface area contributed by atoms with E-state index < -0.39 is 17.1 Å². The van der Waals surface area contributed by atoms with Gasteiger partial charge in [0.05, 0.1) is 0 Å². The molecule has 0 aliphatic rings. The van der Waals surface area contributed by atoms with Crippen LogP contribution in [0.25, 0.3) is 0 Å². The summed E-state index contributed by atoms with van der Waals surface area (Å²) in [6.07, 6.45) is 0.719. The van der Waals surface area contributed by atoms with Gasteiger partial charge in [0.25, 0.3) is 0 Å². The van der Waals surface area contributed by atoms with Gasteiger partial charge in [0, 0.05) is 6.42 Å². The molecule has 0 aliphatic heterocycles. The summed E-state index contributed by atoms with van der Waals surface area (Å²) >= 11 is 0. The van der Waals surface area contributed by atoms with E-state index in [4.69, 9.17) is 11.5 Å². The van der Waals surface area contributed by atoms with Crippen molar-refractivity contribution in [2.24, 2.45) is 0 Å². The van der Waals surface area contributed by atoms with E-state index in [1.165, 1.54) is 0 Å². The molecule has 0 saturated heterocycles. The maximum Gasteiger partial charge on any atom is 0.330 e.